The van der Waals surface area contributed by atoms with Gasteiger partial charge in [-0.05, 0) is 36.8 Å². The van der Waals surface area contributed by atoms with Gasteiger partial charge in [0.15, 0.2) is 6.10 Å². The molecule has 2 aromatic carbocycles. The highest BCUT2D eigenvalue weighted by Crippen LogP contribution is 2.32. The van der Waals surface area contributed by atoms with Crippen molar-refractivity contribution in [1.29, 1.82) is 0 Å². The summed E-state index contributed by atoms with van der Waals surface area (Å²) in [6.07, 6.45) is -1.09. The fraction of sp³-hybridized carbons (Fsp3) is 0.222. The molecule has 138 valence electrons. The Labute approximate surface area is 165 Å². The lowest BCUT2D eigenvalue weighted by molar-refractivity contribution is -0.139. The zero-order chi connectivity index (χ0) is 19.4. The van der Waals surface area contributed by atoms with Gasteiger partial charge in [-0.1, -0.05) is 46.9 Å². The fourth-order valence-corrected chi connectivity index (χ4v) is 2.96. The Morgan fingerprint density at radius 2 is 1.81 bits per heavy atom. The number of nitrogens with zero attached hydrogens (tertiary/aromatic N) is 1. The standard InChI is InChI=1S/C18H15Cl3FNO3/c1-10(17(24)23(2)9-11-4-3-5-12(22)8-11)26-18(25)15-13(19)6-7-14(20)16(15)21/h3-8,10H,9H2,1-2H3. The van der Waals surface area contributed by atoms with Gasteiger partial charge in [0, 0.05) is 13.6 Å². The summed E-state index contributed by atoms with van der Waals surface area (Å²) in [7, 11) is 1.52. The van der Waals surface area contributed by atoms with E-state index >= 15 is 0 Å². The third-order valence-electron chi connectivity index (χ3n) is 3.56. The molecule has 0 fully saturated rings. The molecule has 4 nitrogen and oxygen atoms in total. The fourth-order valence-electron chi connectivity index (χ4n) is 2.28. The molecule has 0 aromatic heterocycles. The van der Waals surface area contributed by atoms with Crippen LogP contribution in [0.3, 0.4) is 0 Å². The van der Waals surface area contributed by atoms with E-state index in [1.807, 2.05) is 0 Å². The number of carbonyl (C=O) groups excluding carboxylic acids is 2. The third kappa shape index (κ3) is 4.87. The average molecular weight is 419 g/mol. The topological polar surface area (TPSA) is 46.6 Å². The molecule has 8 heteroatoms. The van der Waals surface area contributed by atoms with E-state index in [0.29, 0.717) is 5.56 Å². The monoisotopic (exact) mass is 417 g/mol. The summed E-state index contributed by atoms with van der Waals surface area (Å²) >= 11 is 17.8. The summed E-state index contributed by atoms with van der Waals surface area (Å²) in [4.78, 5) is 26.0. The Hall–Kier alpha value is -1.82. The zero-order valence-electron chi connectivity index (χ0n) is 13.9. The van der Waals surface area contributed by atoms with Crippen LogP contribution in [-0.4, -0.2) is 29.9 Å². The van der Waals surface area contributed by atoms with Crippen LogP contribution in [0, 0.1) is 5.82 Å². The Morgan fingerprint density at radius 1 is 1.15 bits per heavy atom. The minimum atomic E-state index is -1.09. The third-order valence-corrected chi connectivity index (χ3v) is 4.68. The summed E-state index contributed by atoms with van der Waals surface area (Å²) in [6.45, 7) is 1.59. The van der Waals surface area contributed by atoms with E-state index in [-0.39, 0.29) is 27.2 Å². The number of rotatable bonds is 5. The Kier molecular flexibility index (Phi) is 6.87. The summed E-state index contributed by atoms with van der Waals surface area (Å²) < 4.78 is 18.4. The minimum absolute atomic E-state index is 0.0445. The number of ether oxygens (including phenoxy) is 1. The number of likely N-dealkylation sites (N-methyl/N-ethyl adjacent to an activating group) is 1. The van der Waals surface area contributed by atoms with Gasteiger partial charge in [0.25, 0.3) is 5.91 Å². The van der Waals surface area contributed by atoms with Gasteiger partial charge in [-0.15, -0.1) is 0 Å². The summed E-state index contributed by atoms with van der Waals surface area (Å²) in [5.74, 6) is -1.72. The van der Waals surface area contributed by atoms with Crippen LogP contribution in [0.25, 0.3) is 0 Å². The van der Waals surface area contributed by atoms with E-state index in [1.165, 1.54) is 43.1 Å². The maximum absolute atomic E-state index is 13.2. The molecular formula is C18H15Cl3FNO3. The zero-order valence-corrected chi connectivity index (χ0v) is 16.2. The molecule has 26 heavy (non-hydrogen) atoms. The maximum atomic E-state index is 13.2. The van der Waals surface area contributed by atoms with Gasteiger partial charge in [-0.2, -0.15) is 0 Å². The summed E-state index contributed by atoms with van der Waals surface area (Å²) in [6, 6.07) is 8.74. The van der Waals surface area contributed by atoms with Gasteiger partial charge in [0.05, 0.1) is 20.6 Å². The summed E-state index contributed by atoms with van der Waals surface area (Å²) in [5.41, 5.74) is 0.508. The van der Waals surface area contributed by atoms with Crippen molar-refractivity contribution in [3.8, 4) is 0 Å². The molecule has 0 aliphatic heterocycles. The second kappa shape index (κ2) is 8.71. The molecule has 0 aliphatic rings. The summed E-state index contributed by atoms with van der Waals surface area (Å²) in [5, 5.41) is 0.166. The molecule has 0 spiro atoms. The second-order valence-electron chi connectivity index (χ2n) is 5.59. The van der Waals surface area contributed by atoms with E-state index in [4.69, 9.17) is 39.5 Å². The highest BCUT2D eigenvalue weighted by molar-refractivity contribution is 6.46. The number of carbonyl (C=O) groups is 2. The lowest BCUT2D eigenvalue weighted by atomic mass is 10.2. The van der Waals surface area contributed by atoms with E-state index in [1.54, 1.807) is 12.1 Å². The van der Waals surface area contributed by atoms with Crippen LogP contribution >= 0.6 is 34.8 Å². The van der Waals surface area contributed by atoms with Gasteiger partial charge in [-0.3, -0.25) is 4.79 Å². The number of esters is 1. The van der Waals surface area contributed by atoms with Crippen molar-refractivity contribution in [3.63, 3.8) is 0 Å². The first-order valence-corrected chi connectivity index (χ1v) is 8.68. The van der Waals surface area contributed by atoms with Crippen LogP contribution in [-0.2, 0) is 16.1 Å². The van der Waals surface area contributed by atoms with Crippen molar-refractivity contribution in [2.45, 2.75) is 19.6 Å². The van der Waals surface area contributed by atoms with Crippen molar-refractivity contribution in [3.05, 3.63) is 68.4 Å². The smallest absolute Gasteiger partial charge is 0.342 e. The number of amides is 1. The Bertz CT molecular complexity index is 844. The van der Waals surface area contributed by atoms with Crippen LogP contribution in [0.5, 0.6) is 0 Å². The molecule has 0 aliphatic carbocycles. The maximum Gasteiger partial charge on any atom is 0.342 e. The SMILES string of the molecule is CC(OC(=O)c1c(Cl)ccc(Cl)c1Cl)C(=O)N(C)Cc1cccc(F)c1. The number of benzene rings is 2. The number of hydrogen-bond donors (Lipinski definition) is 0. The molecule has 0 heterocycles. The lowest BCUT2D eigenvalue weighted by Crippen LogP contribution is -2.37. The Balaban J connectivity index is 2.07. The largest absolute Gasteiger partial charge is 0.449 e. The number of halogens is 4. The first-order chi connectivity index (χ1) is 12.2. The van der Waals surface area contributed by atoms with E-state index in [9.17, 15) is 14.0 Å². The van der Waals surface area contributed by atoms with Gasteiger partial charge >= 0.3 is 5.97 Å². The minimum Gasteiger partial charge on any atom is -0.449 e. The van der Waals surface area contributed by atoms with Gasteiger partial charge in [0.2, 0.25) is 0 Å². The predicted octanol–water partition coefficient (Wildman–Crippen LogP) is 4.99. The van der Waals surface area contributed by atoms with Crippen LogP contribution in [0.2, 0.25) is 15.1 Å². The highest BCUT2D eigenvalue weighted by Gasteiger charge is 2.25. The Morgan fingerprint density at radius 3 is 2.46 bits per heavy atom. The van der Waals surface area contributed by atoms with Crippen LogP contribution in [0.15, 0.2) is 36.4 Å². The first-order valence-electron chi connectivity index (χ1n) is 7.54. The van der Waals surface area contributed by atoms with Crippen molar-refractivity contribution in [2.75, 3.05) is 7.05 Å². The molecule has 1 amide bonds. The van der Waals surface area contributed by atoms with Crippen molar-refractivity contribution < 1.29 is 18.7 Å². The molecule has 0 bridgehead atoms. The highest BCUT2D eigenvalue weighted by atomic mass is 35.5. The van der Waals surface area contributed by atoms with E-state index in [0.717, 1.165) is 0 Å². The van der Waals surface area contributed by atoms with Crippen molar-refractivity contribution >= 4 is 46.7 Å². The molecule has 1 unspecified atom stereocenters. The molecule has 2 aromatic rings. The molecular weight excluding hydrogens is 404 g/mol. The molecule has 2 rings (SSSR count). The van der Waals surface area contributed by atoms with Crippen LogP contribution in [0.4, 0.5) is 4.39 Å². The molecule has 1 atom stereocenters. The second-order valence-corrected chi connectivity index (χ2v) is 6.78. The average Bonchev–Trinajstić information content (AvgIpc) is 2.57. The van der Waals surface area contributed by atoms with E-state index in [2.05, 4.69) is 0 Å². The van der Waals surface area contributed by atoms with Crippen molar-refractivity contribution in [1.82, 2.24) is 4.90 Å². The molecule has 0 saturated heterocycles. The molecule has 0 N–H and O–H groups in total. The predicted molar refractivity (Wildman–Crippen MR) is 99.2 cm³/mol. The molecule has 0 radical (unpaired) electrons. The first kappa shape index (κ1) is 20.5. The normalized spacial score (nSPS) is 11.8. The molecule has 0 saturated carbocycles. The van der Waals surface area contributed by atoms with Gasteiger partial charge < -0.3 is 9.64 Å². The van der Waals surface area contributed by atoms with Crippen LogP contribution in [0.1, 0.15) is 22.8 Å². The lowest BCUT2D eigenvalue weighted by Gasteiger charge is -2.22. The van der Waals surface area contributed by atoms with Crippen LogP contribution < -0.4 is 0 Å². The number of hydrogen-bond acceptors (Lipinski definition) is 3. The van der Waals surface area contributed by atoms with Gasteiger partial charge in [0.1, 0.15) is 5.82 Å². The van der Waals surface area contributed by atoms with Gasteiger partial charge in [-0.25, -0.2) is 9.18 Å². The van der Waals surface area contributed by atoms with E-state index < -0.39 is 23.8 Å². The van der Waals surface area contributed by atoms with Crippen molar-refractivity contribution in [2.24, 2.45) is 0 Å². The quantitative estimate of drug-likeness (QED) is 0.508.